The summed E-state index contributed by atoms with van der Waals surface area (Å²) in [6, 6.07) is 13.7. The van der Waals surface area contributed by atoms with Crippen molar-refractivity contribution in [3.05, 3.63) is 66.1 Å². The second-order valence-corrected chi connectivity index (χ2v) is 6.72. The molecule has 1 amide bonds. The Bertz CT molecular complexity index is 900. The lowest BCUT2D eigenvalue weighted by Gasteiger charge is -2.20. The first-order valence-corrected chi connectivity index (χ1v) is 9.02. The summed E-state index contributed by atoms with van der Waals surface area (Å²) in [5, 5.41) is 6.62. The van der Waals surface area contributed by atoms with Crippen molar-refractivity contribution in [3.8, 4) is 11.5 Å². The summed E-state index contributed by atoms with van der Waals surface area (Å²) in [4.78, 5) is 24.8. The predicted molar refractivity (Wildman–Crippen MR) is 101 cm³/mol. The number of carbonyl (C=O) groups excluding carboxylic acids is 2. The highest BCUT2D eigenvalue weighted by molar-refractivity contribution is 5.85. The highest BCUT2D eigenvalue weighted by Gasteiger charge is 2.26. The van der Waals surface area contributed by atoms with Gasteiger partial charge < -0.3 is 19.0 Å². The average molecular weight is 382 g/mol. The fourth-order valence-electron chi connectivity index (χ4n) is 2.65. The zero-order valence-electron chi connectivity index (χ0n) is 15.8. The van der Waals surface area contributed by atoms with Crippen LogP contribution in [0.2, 0.25) is 0 Å². The van der Waals surface area contributed by atoms with E-state index in [0.717, 1.165) is 5.56 Å². The number of carbonyl (C=O) groups is 2. The first kappa shape index (κ1) is 19.4. The van der Waals surface area contributed by atoms with Crippen LogP contribution in [0.15, 0.2) is 63.7 Å². The molecule has 0 bridgehead atoms. The van der Waals surface area contributed by atoms with Crippen molar-refractivity contribution in [1.82, 2.24) is 10.5 Å². The Morgan fingerprint density at radius 2 is 1.89 bits per heavy atom. The summed E-state index contributed by atoms with van der Waals surface area (Å²) >= 11 is 0. The Labute approximate surface area is 162 Å². The van der Waals surface area contributed by atoms with Gasteiger partial charge in [-0.3, -0.25) is 4.79 Å². The van der Waals surface area contributed by atoms with E-state index in [1.165, 1.54) is 6.26 Å². The molecule has 0 aliphatic rings. The van der Waals surface area contributed by atoms with Gasteiger partial charge in [0.1, 0.15) is 18.3 Å². The molecule has 0 fully saturated rings. The topological polar surface area (TPSA) is 94.6 Å². The van der Waals surface area contributed by atoms with Crippen molar-refractivity contribution in [1.29, 1.82) is 0 Å². The third kappa shape index (κ3) is 5.09. The van der Waals surface area contributed by atoms with Gasteiger partial charge in [0.25, 0.3) is 0 Å². The molecule has 0 saturated carbocycles. The number of ether oxygens (including phenoxy) is 1. The van der Waals surface area contributed by atoms with Crippen LogP contribution in [0, 0.1) is 5.92 Å². The van der Waals surface area contributed by atoms with Gasteiger partial charge >= 0.3 is 5.97 Å². The minimum absolute atomic E-state index is 0.0547. The standard InChI is InChI=1S/C21H22N2O5/c1-14(2)20(22-19(24)11-15-7-4-3-5-8-15)21(25)27-13-16-12-18(28-23-16)17-9-6-10-26-17/h3-10,12,14,20H,11,13H2,1-2H3,(H,22,24)/t20-/m1/s1. The van der Waals surface area contributed by atoms with Gasteiger partial charge in [-0.25, -0.2) is 4.79 Å². The normalized spacial score (nSPS) is 12.0. The number of aromatic nitrogens is 1. The van der Waals surface area contributed by atoms with Crippen molar-refractivity contribution < 1.29 is 23.3 Å². The first-order valence-electron chi connectivity index (χ1n) is 9.02. The molecule has 0 saturated heterocycles. The summed E-state index contributed by atoms with van der Waals surface area (Å²) < 4.78 is 15.7. The van der Waals surface area contributed by atoms with Crippen LogP contribution < -0.4 is 5.32 Å². The molecule has 7 nitrogen and oxygen atoms in total. The maximum Gasteiger partial charge on any atom is 0.329 e. The summed E-state index contributed by atoms with van der Waals surface area (Å²) in [6.45, 7) is 3.64. The van der Waals surface area contributed by atoms with E-state index in [0.29, 0.717) is 17.2 Å². The molecule has 1 aromatic carbocycles. The second kappa shape index (κ2) is 9.03. The molecule has 3 aromatic rings. The third-order valence-corrected chi connectivity index (χ3v) is 4.13. The van der Waals surface area contributed by atoms with E-state index < -0.39 is 12.0 Å². The van der Waals surface area contributed by atoms with Gasteiger partial charge in [-0.15, -0.1) is 0 Å². The molecule has 2 aromatic heterocycles. The van der Waals surface area contributed by atoms with Crippen LogP contribution in [0.5, 0.6) is 0 Å². The van der Waals surface area contributed by atoms with Gasteiger partial charge in [-0.05, 0) is 23.6 Å². The van der Waals surface area contributed by atoms with E-state index in [4.69, 9.17) is 13.7 Å². The van der Waals surface area contributed by atoms with E-state index in [1.54, 1.807) is 18.2 Å². The predicted octanol–water partition coefficient (Wildman–Crippen LogP) is 3.36. The van der Waals surface area contributed by atoms with E-state index in [2.05, 4.69) is 10.5 Å². The van der Waals surface area contributed by atoms with E-state index in [-0.39, 0.29) is 24.9 Å². The first-order chi connectivity index (χ1) is 13.5. The number of furan rings is 1. The molecule has 0 aliphatic heterocycles. The Morgan fingerprint density at radius 3 is 2.57 bits per heavy atom. The fourth-order valence-corrected chi connectivity index (χ4v) is 2.65. The van der Waals surface area contributed by atoms with Gasteiger partial charge in [0, 0.05) is 6.07 Å². The molecule has 28 heavy (non-hydrogen) atoms. The molecule has 0 radical (unpaired) electrons. The molecule has 1 N–H and O–H groups in total. The van der Waals surface area contributed by atoms with Crippen molar-refractivity contribution in [2.45, 2.75) is 32.9 Å². The van der Waals surface area contributed by atoms with Crippen LogP contribution in [0.4, 0.5) is 0 Å². The summed E-state index contributed by atoms with van der Waals surface area (Å²) in [5.41, 5.74) is 1.33. The molecular weight excluding hydrogens is 360 g/mol. The molecule has 0 spiro atoms. The highest BCUT2D eigenvalue weighted by atomic mass is 16.5. The lowest BCUT2D eigenvalue weighted by atomic mass is 10.0. The minimum Gasteiger partial charge on any atom is -0.461 e. The minimum atomic E-state index is -0.743. The molecule has 0 unspecified atom stereocenters. The Balaban J connectivity index is 1.55. The second-order valence-electron chi connectivity index (χ2n) is 6.72. The number of rotatable bonds is 8. The number of benzene rings is 1. The maximum absolute atomic E-state index is 12.5. The van der Waals surface area contributed by atoms with Crippen LogP contribution in [-0.2, 0) is 27.4 Å². The number of hydrogen-bond donors (Lipinski definition) is 1. The number of esters is 1. The van der Waals surface area contributed by atoms with Crippen LogP contribution in [-0.4, -0.2) is 23.1 Å². The Morgan fingerprint density at radius 1 is 1.11 bits per heavy atom. The van der Waals surface area contributed by atoms with Crippen LogP contribution in [0.25, 0.3) is 11.5 Å². The zero-order valence-corrected chi connectivity index (χ0v) is 15.8. The number of amides is 1. The monoisotopic (exact) mass is 382 g/mol. The molecule has 3 rings (SSSR count). The highest BCUT2D eigenvalue weighted by Crippen LogP contribution is 2.21. The maximum atomic E-state index is 12.5. The van der Waals surface area contributed by atoms with Crippen LogP contribution in [0.3, 0.4) is 0 Å². The van der Waals surface area contributed by atoms with Crippen LogP contribution in [0.1, 0.15) is 25.1 Å². The molecule has 1 atom stereocenters. The third-order valence-electron chi connectivity index (χ3n) is 4.13. The van der Waals surface area contributed by atoms with Gasteiger partial charge in [0.2, 0.25) is 11.7 Å². The van der Waals surface area contributed by atoms with Gasteiger partial charge in [0.15, 0.2) is 5.76 Å². The van der Waals surface area contributed by atoms with E-state index in [9.17, 15) is 9.59 Å². The summed E-state index contributed by atoms with van der Waals surface area (Å²) in [5.74, 6) is 0.122. The molecule has 146 valence electrons. The lowest BCUT2D eigenvalue weighted by Crippen LogP contribution is -2.45. The van der Waals surface area contributed by atoms with Crippen molar-refractivity contribution in [2.24, 2.45) is 5.92 Å². The molecule has 2 heterocycles. The van der Waals surface area contributed by atoms with Crippen molar-refractivity contribution >= 4 is 11.9 Å². The number of nitrogens with zero attached hydrogens (tertiary/aromatic N) is 1. The van der Waals surface area contributed by atoms with Crippen LogP contribution >= 0.6 is 0 Å². The van der Waals surface area contributed by atoms with E-state index in [1.807, 2.05) is 44.2 Å². The average Bonchev–Trinajstić information content (AvgIpc) is 3.36. The van der Waals surface area contributed by atoms with E-state index >= 15 is 0 Å². The molecule has 0 aliphatic carbocycles. The zero-order chi connectivity index (χ0) is 19.9. The quantitative estimate of drug-likeness (QED) is 0.600. The SMILES string of the molecule is CC(C)[C@@H](NC(=O)Cc1ccccc1)C(=O)OCc1cc(-c2ccco2)on1. The summed E-state index contributed by atoms with van der Waals surface area (Å²) in [6.07, 6.45) is 1.73. The Kier molecular flexibility index (Phi) is 6.26. The fraction of sp³-hybridized carbons (Fsp3) is 0.286. The van der Waals surface area contributed by atoms with Gasteiger partial charge in [0.05, 0.1) is 12.7 Å². The lowest BCUT2D eigenvalue weighted by molar-refractivity contribution is -0.150. The largest absolute Gasteiger partial charge is 0.461 e. The molecular formula is C21H22N2O5. The smallest absolute Gasteiger partial charge is 0.329 e. The molecule has 7 heteroatoms. The van der Waals surface area contributed by atoms with Gasteiger partial charge in [-0.2, -0.15) is 0 Å². The van der Waals surface area contributed by atoms with Gasteiger partial charge in [-0.1, -0.05) is 49.3 Å². The summed E-state index contributed by atoms with van der Waals surface area (Å²) in [7, 11) is 0. The van der Waals surface area contributed by atoms with Crippen molar-refractivity contribution in [2.75, 3.05) is 0 Å². The number of hydrogen-bond acceptors (Lipinski definition) is 6. The van der Waals surface area contributed by atoms with Crippen molar-refractivity contribution in [3.63, 3.8) is 0 Å². The Hall–Kier alpha value is -3.35. The number of nitrogens with one attached hydrogen (secondary N) is 1.